The van der Waals surface area contributed by atoms with E-state index < -0.39 is 17.2 Å². The van der Waals surface area contributed by atoms with Crippen LogP contribution in [-0.4, -0.2) is 46.2 Å². The lowest BCUT2D eigenvalue weighted by molar-refractivity contribution is -0.132. The lowest BCUT2D eigenvalue weighted by Gasteiger charge is -2.41. The molecule has 0 N–H and O–H groups in total. The second-order valence-corrected chi connectivity index (χ2v) is 8.07. The fraction of sp³-hybridized carbons (Fsp3) is 0.867. The van der Waals surface area contributed by atoms with Crippen molar-refractivity contribution in [1.29, 1.82) is 0 Å². The molecule has 0 aromatic rings. The topological polar surface area (TPSA) is 49.9 Å². The van der Waals surface area contributed by atoms with Gasteiger partial charge in [-0.25, -0.2) is 4.79 Å². The Kier molecular flexibility index (Phi) is 3.89. The Morgan fingerprint density at radius 2 is 1.60 bits per heavy atom. The molecular weight excluding hydrogens is 256 g/mol. The highest BCUT2D eigenvalue weighted by Crippen LogP contribution is 2.39. The van der Waals surface area contributed by atoms with E-state index in [0.29, 0.717) is 0 Å². The molecule has 20 heavy (non-hydrogen) atoms. The molecule has 1 saturated heterocycles. The molecule has 0 aliphatic carbocycles. The maximum absolute atomic E-state index is 12.5. The number of rotatable bonds is 0. The van der Waals surface area contributed by atoms with Gasteiger partial charge in [-0.2, -0.15) is 0 Å². The molecule has 1 rings (SSSR count). The SMILES string of the molecule is CN1C(=O)C(C)(C)N(C(=O)OC(C)(C)C)C1C(C)(C)C. The number of amides is 2. The van der Waals surface area contributed by atoms with Crippen molar-refractivity contribution in [3.8, 4) is 0 Å². The number of ether oxygens (including phenoxy) is 1. The van der Waals surface area contributed by atoms with Gasteiger partial charge in [-0.3, -0.25) is 9.69 Å². The molecule has 0 radical (unpaired) electrons. The van der Waals surface area contributed by atoms with Crippen LogP contribution in [0, 0.1) is 5.41 Å². The Balaban J connectivity index is 3.23. The fourth-order valence-corrected chi connectivity index (χ4v) is 2.73. The van der Waals surface area contributed by atoms with Gasteiger partial charge in [-0.05, 0) is 34.6 Å². The summed E-state index contributed by atoms with van der Waals surface area (Å²) < 4.78 is 5.49. The molecule has 5 nitrogen and oxygen atoms in total. The van der Waals surface area contributed by atoms with Crippen molar-refractivity contribution in [2.75, 3.05) is 7.05 Å². The summed E-state index contributed by atoms with van der Waals surface area (Å²) >= 11 is 0. The highest BCUT2D eigenvalue weighted by molar-refractivity contribution is 5.92. The first kappa shape index (κ1) is 16.8. The van der Waals surface area contributed by atoms with Gasteiger partial charge >= 0.3 is 6.09 Å². The molecule has 0 saturated carbocycles. The van der Waals surface area contributed by atoms with Crippen molar-refractivity contribution in [3.63, 3.8) is 0 Å². The van der Waals surface area contributed by atoms with Gasteiger partial charge in [-0.15, -0.1) is 0 Å². The molecule has 0 aromatic heterocycles. The Morgan fingerprint density at radius 1 is 1.15 bits per heavy atom. The summed E-state index contributed by atoms with van der Waals surface area (Å²) in [6.07, 6.45) is -0.764. The minimum Gasteiger partial charge on any atom is -0.444 e. The first-order valence-electron chi connectivity index (χ1n) is 6.99. The molecule has 2 amide bonds. The predicted molar refractivity (Wildman–Crippen MR) is 78.2 cm³/mol. The molecule has 1 aliphatic rings. The molecule has 1 heterocycles. The summed E-state index contributed by atoms with van der Waals surface area (Å²) in [7, 11) is 1.74. The molecular formula is C15H28N2O3. The van der Waals surface area contributed by atoms with Crippen LogP contribution in [-0.2, 0) is 9.53 Å². The van der Waals surface area contributed by atoms with Gasteiger partial charge in [0.05, 0.1) is 0 Å². The van der Waals surface area contributed by atoms with Crippen LogP contribution >= 0.6 is 0 Å². The third-order valence-electron chi connectivity index (χ3n) is 3.42. The molecule has 5 heteroatoms. The molecule has 1 aliphatic heterocycles. The van der Waals surface area contributed by atoms with Crippen LogP contribution in [0.5, 0.6) is 0 Å². The molecule has 1 fully saturated rings. The van der Waals surface area contributed by atoms with Crippen molar-refractivity contribution in [3.05, 3.63) is 0 Å². The monoisotopic (exact) mass is 284 g/mol. The zero-order chi connectivity index (χ0) is 16.1. The lowest BCUT2D eigenvalue weighted by Crippen LogP contribution is -2.55. The molecule has 0 bridgehead atoms. The normalized spacial score (nSPS) is 23.2. The highest BCUT2D eigenvalue weighted by Gasteiger charge is 2.57. The molecule has 0 spiro atoms. The van der Waals surface area contributed by atoms with Crippen molar-refractivity contribution < 1.29 is 14.3 Å². The van der Waals surface area contributed by atoms with Gasteiger partial charge in [0.15, 0.2) is 0 Å². The summed E-state index contributed by atoms with van der Waals surface area (Å²) in [6.45, 7) is 15.0. The second kappa shape index (κ2) is 4.64. The van der Waals surface area contributed by atoms with Crippen molar-refractivity contribution in [2.45, 2.75) is 72.7 Å². The Hall–Kier alpha value is -1.26. The van der Waals surface area contributed by atoms with Crippen LogP contribution in [0.15, 0.2) is 0 Å². The number of carbonyl (C=O) groups is 2. The van der Waals surface area contributed by atoms with Crippen molar-refractivity contribution >= 4 is 12.0 Å². The van der Waals surface area contributed by atoms with E-state index in [1.165, 1.54) is 0 Å². The Labute approximate surface area is 122 Å². The zero-order valence-electron chi connectivity index (χ0n) is 14.2. The van der Waals surface area contributed by atoms with Crippen LogP contribution in [0.3, 0.4) is 0 Å². The van der Waals surface area contributed by atoms with Crippen LogP contribution in [0.2, 0.25) is 0 Å². The van der Waals surface area contributed by atoms with Crippen molar-refractivity contribution in [2.24, 2.45) is 5.41 Å². The fourth-order valence-electron chi connectivity index (χ4n) is 2.73. The lowest BCUT2D eigenvalue weighted by atomic mass is 9.90. The van der Waals surface area contributed by atoms with Gasteiger partial charge in [0.25, 0.3) is 0 Å². The van der Waals surface area contributed by atoms with Crippen LogP contribution < -0.4 is 0 Å². The number of likely N-dealkylation sites (N-methyl/N-ethyl adjacent to an activating group) is 1. The summed E-state index contributed by atoms with van der Waals surface area (Å²) in [4.78, 5) is 28.2. The maximum atomic E-state index is 12.5. The first-order chi connectivity index (χ1) is 8.69. The third-order valence-corrected chi connectivity index (χ3v) is 3.42. The van der Waals surface area contributed by atoms with E-state index in [2.05, 4.69) is 0 Å². The molecule has 0 aromatic carbocycles. The average molecular weight is 284 g/mol. The largest absolute Gasteiger partial charge is 0.444 e. The van der Waals surface area contributed by atoms with E-state index in [1.54, 1.807) is 30.7 Å². The number of carbonyl (C=O) groups excluding carboxylic acids is 2. The number of hydrogen-bond donors (Lipinski definition) is 0. The highest BCUT2D eigenvalue weighted by atomic mass is 16.6. The maximum Gasteiger partial charge on any atom is 0.412 e. The summed E-state index contributed by atoms with van der Waals surface area (Å²) in [5.74, 6) is -0.0664. The first-order valence-corrected chi connectivity index (χ1v) is 6.99. The number of nitrogens with zero attached hydrogens (tertiary/aromatic N) is 2. The van der Waals surface area contributed by atoms with Crippen molar-refractivity contribution in [1.82, 2.24) is 9.80 Å². The Morgan fingerprint density at radius 3 is 1.95 bits per heavy atom. The second-order valence-electron chi connectivity index (χ2n) is 8.07. The number of hydrogen-bond acceptors (Lipinski definition) is 3. The van der Waals surface area contributed by atoms with E-state index >= 15 is 0 Å². The minimum atomic E-state index is -0.894. The summed E-state index contributed by atoms with van der Waals surface area (Å²) in [6, 6.07) is 0. The van der Waals surface area contributed by atoms with E-state index in [4.69, 9.17) is 4.74 Å². The minimum absolute atomic E-state index is 0.0664. The summed E-state index contributed by atoms with van der Waals surface area (Å²) in [5, 5.41) is 0. The van der Waals surface area contributed by atoms with Crippen LogP contribution in [0.1, 0.15) is 55.4 Å². The van der Waals surface area contributed by atoms with Crippen LogP contribution in [0.25, 0.3) is 0 Å². The van der Waals surface area contributed by atoms with E-state index in [0.717, 1.165) is 0 Å². The van der Waals surface area contributed by atoms with E-state index in [-0.39, 0.29) is 17.5 Å². The quantitative estimate of drug-likeness (QED) is 0.687. The van der Waals surface area contributed by atoms with Gasteiger partial charge in [0.2, 0.25) is 5.91 Å². The zero-order valence-corrected chi connectivity index (χ0v) is 14.2. The van der Waals surface area contributed by atoms with Gasteiger partial charge in [0, 0.05) is 12.5 Å². The molecule has 1 atom stereocenters. The van der Waals surface area contributed by atoms with E-state index in [1.807, 2.05) is 41.5 Å². The smallest absolute Gasteiger partial charge is 0.412 e. The molecule has 116 valence electrons. The third kappa shape index (κ3) is 2.91. The Bertz CT molecular complexity index is 416. The van der Waals surface area contributed by atoms with Gasteiger partial charge in [0.1, 0.15) is 17.3 Å². The summed E-state index contributed by atoms with van der Waals surface area (Å²) in [5.41, 5.74) is -1.73. The van der Waals surface area contributed by atoms with E-state index in [9.17, 15) is 9.59 Å². The molecule has 1 unspecified atom stereocenters. The standard InChI is InChI=1S/C15H28N2O3/c1-13(2,3)10-16(9)11(18)15(7,8)17(10)12(19)20-14(4,5)6/h10H,1-9H3. The van der Waals surface area contributed by atoms with Gasteiger partial charge < -0.3 is 9.64 Å². The van der Waals surface area contributed by atoms with Gasteiger partial charge in [-0.1, -0.05) is 20.8 Å². The predicted octanol–water partition coefficient (Wildman–Crippen LogP) is 2.85. The average Bonchev–Trinajstić information content (AvgIpc) is 2.35. The van der Waals surface area contributed by atoms with Crippen LogP contribution in [0.4, 0.5) is 4.79 Å².